The van der Waals surface area contributed by atoms with Crippen molar-refractivity contribution in [1.82, 2.24) is 0 Å². The largest absolute Gasteiger partial charge is 0.298 e. The number of carbonyl (C=O) groups is 1. The lowest BCUT2D eigenvalue weighted by Crippen LogP contribution is -2.28. The SMILES string of the molecule is CCC1CCCC(=O)C(Cl)C(CC)C1. The Morgan fingerprint density at radius 2 is 2.07 bits per heavy atom. The lowest BCUT2D eigenvalue weighted by atomic mass is 9.81. The van der Waals surface area contributed by atoms with Crippen molar-refractivity contribution < 1.29 is 4.79 Å². The maximum atomic E-state index is 11.6. The van der Waals surface area contributed by atoms with Gasteiger partial charge in [-0.25, -0.2) is 0 Å². The minimum absolute atomic E-state index is 0.214. The lowest BCUT2D eigenvalue weighted by molar-refractivity contribution is -0.120. The minimum atomic E-state index is -0.214. The van der Waals surface area contributed by atoms with E-state index in [1.165, 1.54) is 12.8 Å². The third kappa shape index (κ3) is 2.98. The summed E-state index contributed by atoms with van der Waals surface area (Å²) in [5.74, 6) is 1.47. The Labute approximate surface area is 92.2 Å². The van der Waals surface area contributed by atoms with Gasteiger partial charge in [-0.3, -0.25) is 4.79 Å². The van der Waals surface area contributed by atoms with E-state index in [-0.39, 0.29) is 11.2 Å². The number of rotatable bonds is 2. The summed E-state index contributed by atoms with van der Waals surface area (Å²) >= 11 is 6.18. The summed E-state index contributed by atoms with van der Waals surface area (Å²) < 4.78 is 0. The topological polar surface area (TPSA) is 17.1 Å². The molecule has 1 aliphatic rings. The van der Waals surface area contributed by atoms with Gasteiger partial charge in [-0.1, -0.05) is 33.1 Å². The normalized spacial score (nSPS) is 35.1. The molecule has 1 saturated carbocycles. The molecule has 0 aromatic carbocycles. The smallest absolute Gasteiger partial charge is 0.150 e. The Bertz CT molecular complexity index is 191. The number of ketones is 1. The van der Waals surface area contributed by atoms with Crippen LogP contribution in [0.3, 0.4) is 0 Å². The van der Waals surface area contributed by atoms with Gasteiger partial charge in [0.05, 0.1) is 5.38 Å². The highest BCUT2D eigenvalue weighted by Gasteiger charge is 2.28. The number of hydrogen-bond acceptors (Lipinski definition) is 1. The Kier molecular flexibility index (Phi) is 4.94. The van der Waals surface area contributed by atoms with E-state index in [1.807, 2.05) is 0 Å². The van der Waals surface area contributed by atoms with Crippen molar-refractivity contribution in [2.75, 3.05) is 0 Å². The van der Waals surface area contributed by atoms with Crippen LogP contribution in [0.5, 0.6) is 0 Å². The number of halogens is 1. The highest BCUT2D eigenvalue weighted by atomic mass is 35.5. The average molecular weight is 217 g/mol. The number of alkyl halides is 1. The van der Waals surface area contributed by atoms with Gasteiger partial charge >= 0.3 is 0 Å². The van der Waals surface area contributed by atoms with Crippen molar-refractivity contribution in [2.45, 2.75) is 57.7 Å². The van der Waals surface area contributed by atoms with E-state index in [0.717, 1.165) is 25.2 Å². The molecule has 82 valence electrons. The third-order valence-corrected chi connectivity index (χ3v) is 4.09. The molecule has 1 aliphatic carbocycles. The summed E-state index contributed by atoms with van der Waals surface area (Å²) in [6.45, 7) is 4.38. The van der Waals surface area contributed by atoms with E-state index in [2.05, 4.69) is 13.8 Å². The van der Waals surface area contributed by atoms with Crippen molar-refractivity contribution in [2.24, 2.45) is 11.8 Å². The molecular weight excluding hydrogens is 196 g/mol. The van der Waals surface area contributed by atoms with Crippen LogP contribution < -0.4 is 0 Å². The minimum Gasteiger partial charge on any atom is -0.298 e. The summed E-state index contributed by atoms with van der Waals surface area (Å²) in [4.78, 5) is 11.6. The van der Waals surface area contributed by atoms with Gasteiger partial charge in [0.1, 0.15) is 0 Å². The summed E-state index contributed by atoms with van der Waals surface area (Å²) in [6, 6.07) is 0. The fourth-order valence-corrected chi connectivity index (χ4v) is 2.77. The van der Waals surface area contributed by atoms with Crippen molar-refractivity contribution in [1.29, 1.82) is 0 Å². The molecule has 0 aliphatic heterocycles. The first-order valence-corrected chi connectivity index (χ1v) is 6.29. The van der Waals surface area contributed by atoms with Gasteiger partial charge in [-0.05, 0) is 24.7 Å². The van der Waals surface area contributed by atoms with Crippen molar-refractivity contribution in [3.05, 3.63) is 0 Å². The average Bonchev–Trinajstić information content (AvgIpc) is 2.20. The molecule has 1 fully saturated rings. The Balaban J connectivity index is 2.62. The van der Waals surface area contributed by atoms with Crippen LogP contribution >= 0.6 is 11.6 Å². The summed E-state index contributed by atoms with van der Waals surface area (Å²) in [5, 5.41) is -0.214. The van der Waals surface area contributed by atoms with E-state index in [1.54, 1.807) is 0 Å². The first kappa shape index (κ1) is 12.0. The Hall–Kier alpha value is -0.0400. The zero-order chi connectivity index (χ0) is 10.6. The summed E-state index contributed by atoms with van der Waals surface area (Å²) in [6.07, 6.45) is 6.36. The van der Waals surface area contributed by atoms with Crippen LogP contribution in [0.1, 0.15) is 52.4 Å². The van der Waals surface area contributed by atoms with E-state index in [9.17, 15) is 4.79 Å². The molecule has 0 N–H and O–H groups in total. The molecule has 0 aromatic heterocycles. The lowest BCUT2D eigenvalue weighted by Gasteiger charge is -2.27. The highest BCUT2D eigenvalue weighted by Crippen LogP contribution is 2.31. The van der Waals surface area contributed by atoms with E-state index in [0.29, 0.717) is 12.3 Å². The van der Waals surface area contributed by atoms with Gasteiger partial charge < -0.3 is 0 Å². The first-order chi connectivity index (χ1) is 6.69. The van der Waals surface area contributed by atoms with Crippen molar-refractivity contribution in [3.8, 4) is 0 Å². The second kappa shape index (κ2) is 5.75. The van der Waals surface area contributed by atoms with Crippen molar-refractivity contribution >= 4 is 17.4 Å². The Morgan fingerprint density at radius 3 is 2.64 bits per heavy atom. The molecule has 0 amide bonds. The van der Waals surface area contributed by atoms with Gasteiger partial charge in [0.15, 0.2) is 5.78 Å². The molecule has 0 aromatic rings. The molecule has 0 bridgehead atoms. The zero-order valence-electron chi connectivity index (χ0n) is 9.26. The van der Waals surface area contributed by atoms with Crippen molar-refractivity contribution in [3.63, 3.8) is 0 Å². The molecule has 1 rings (SSSR count). The molecule has 14 heavy (non-hydrogen) atoms. The molecular formula is C12H21ClO. The van der Waals surface area contributed by atoms with Gasteiger partial charge in [0.25, 0.3) is 0 Å². The zero-order valence-corrected chi connectivity index (χ0v) is 10.0. The monoisotopic (exact) mass is 216 g/mol. The van der Waals surface area contributed by atoms with Gasteiger partial charge in [0.2, 0.25) is 0 Å². The first-order valence-electron chi connectivity index (χ1n) is 5.85. The van der Waals surface area contributed by atoms with Gasteiger partial charge in [-0.2, -0.15) is 0 Å². The molecule has 3 atom stereocenters. The molecule has 1 nitrogen and oxygen atoms in total. The highest BCUT2D eigenvalue weighted by molar-refractivity contribution is 6.31. The van der Waals surface area contributed by atoms with Crippen LogP contribution in [-0.2, 0) is 4.79 Å². The molecule has 0 saturated heterocycles. The Morgan fingerprint density at radius 1 is 1.36 bits per heavy atom. The van der Waals surface area contributed by atoms with E-state index < -0.39 is 0 Å². The molecule has 2 heteroatoms. The fraction of sp³-hybridized carbons (Fsp3) is 0.917. The molecule has 0 spiro atoms. The van der Waals surface area contributed by atoms with Gasteiger partial charge in [-0.15, -0.1) is 11.6 Å². The standard InChI is InChI=1S/C12H21ClO/c1-3-9-6-5-7-11(14)12(13)10(4-2)8-9/h9-10,12H,3-8H2,1-2H3. The maximum Gasteiger partial charge on any atom is 0.150 e. The number of hydrogen-bond donors (Lipinski definition) is 0. The third-order valence-electron chi connectivity index (χ3n) is 3.49. The maximum absolute atomic E-state index is 11.6. The predicted octanol–water partition coefficient (Wildman–Crippen LogP) is 3.79. The fourth-order valence-electron chi connectivity index (χ4n) is 2.38. The van der Waals surface area contributed by atoms with Crippen LogP contribution in [-0.4, -0.2) is 11.2 Å². The van der Waals surface area contributed by atoms with E-state index >= 15 is 0 Å². The number of carbonyl (C=O) groups excluding carboxylic acids is 1. The van der Waals surface area contributed by atoms with Crippen LogP contribution in [0.25, 0.3) is 0 Å². The molecule has 3 unspecified atom stereocenters. The molecule has 0 radical (unpaired) electrons. The van der Waals surface area contributed by atoms with E-state index in [4.69, 9.17) is 11.6 Å². The van der Waals surface area contributed by atoms with Crippen LogP contribution in [0.15, 0.2) is 0 Å². The van der Waals surface area contributed by atoms with Crippen LogP contribution in [0, 0.1) is 11.8 Å². The van der Waals surface area contributed by atoms with Crippen LogP contribution in [0.2, 0.25) is 0 Å². The molecule has 0 heterocycles. The van der Waals surface area contributed by atoms with Crippen LogP contribution in [0.4, 0.5) is 0 Å². The summed E-state index contributed by atoms with van der Waals surface area (Å²) in [5.41, 5.74) is 0. The predicted molar refractivity (Wildman–Crippen MR) is 60.7 cm³/mol. The van der Waals surface area contributed by atoms with Gasteiger partial charge in [0, 0.05) is 6.42 Å². The quantitative estimate of drug-likeness (QED) is 0.642. The second-order valence-corrected chi connectivity index (χ2v) is 4.91. The summed E-state index contributed by atoms with van der Waals surface area (Å²) in [7, 11) is 0. The second-order valence-electron chi connectivity index (χ2n) is 4.44. The number of Topliss-reactive ketones (excluding diaryl/α,β-unsaturated/α-hetero) is 1.